The van der Waals surface area contributed by atoms with Gasteiger partial charge in [-0.05, 0) is 67.3 Å². The van der Waals surface area contributed by atoms with Crippen molar-refractivity contribution in [2.24, 2.45) is 0 Å². The number of benzene rings is 3. The fourth-order valence-corrected chi connectivity index (χ4v) is 6.64. The van der Waals surface area contributed by atoms with Crippen molar-refractivity contribution in [3.8, 4) is 0 Å². The number of anilines is 1. The minimum absolute atomic E-state index is 0.0519. The SMILES string of the molecule is Cc1ccc2nc(N(CC3CCCO3)C(=O)c3ccc(S(=O)(=O)N(C)Cc4ccccc4)cc3)sc2c1. The van der Waals surface area contributed by atoms with Crippen molar-refractivity contribution in [3.05, 3.63) is 89.5 Å². The highest BCUT2D eigenvalue weighted by molar-refractivity contribution is 7.89. The van der Waals surface area contributed by atoms with Crippen LogP contribution in [0.3, 0.4) is 0 Å². The minimum atomic E-state index is -3.71. The monoisotopic (exact) mass is 535 g/mol. The second-order valence-electron chi connectivity index (χ2n) is 9.29. The highest BCUT2D eigenvalue weighted by atomic mass is 32.2. The van der Waals surface area contributed by atoms with Crippen LogP contribution in [0.1, 0.15) is 34.3 Å². The highest BCUT2D eigenvalue weighted by Gasteiger charge is 2.28. The largest absolute Gasteiger partial charge is 0.376 e. The van der Waals surface area contributed by atoms with Gasteiger partial charge in [0.25, 0.3) is 5.91 Å². The number of aromatic nitrogens is 1. The maximum atomic E-state index is 13.7. The quantitative estimate of drug-likeness (QED) is 0.308. The van der Waals surface area contributed by atoms with Gasteiger partial charge in [0.15, 0.2) is 5.13 Å². The lowest BCUT2D eigenvalue weighted by Crippen LogP contribution is -2.37. The predicted molar refractivity (Wildman–Crippen MR) is 147 cm³/mol. The van der Waals surface area contributed by atoms with E-state index in [0.29, 0.717) is 23.8 Å². The van der Waals surface area contributed by atoms with E-state index in [1.807, 2.05) is 49.4 Å². The number of ether oxygens (including phenoxy) is 1. The molecule has 7 nitrogen and oxygen atoms in total. The Balaban J connectivity index is 1.40. The summed E-state index contributed by atoms with van der Waals surface area (Å²) in [5.74, 6) is -0.229. The number of aryl methyl sites for hydroxylation is 1. The van der Waals surface area contributed by atoms with Crippen molar-refractivity contribution in [1.82, 2.24) is 9.29 Å². The van der Waals surface area contributed by atoms with Gasteiger partial charge in [-0.2, -0.15) is 4.31 Å². The molecule has 0 spiro atoms. The maximum absolute atomic E-state index is 13.7. The lowest BCUT2D eigenvalue weighted by molar-refractivity contribution is 0.0917. The molecule has 3 aromatic carbocycles. The van der Waals surface area contributed by atoms with Gasteiger partial charge in [-0.3, -0.25) is 9.69 Å². The first-order chi connectivity index (χ1) is 17.8. The molecular formula is C28H29N3O4S2. The lowest BCUT2D eigenvalue weighted by Gasteiger charge is -2.23. The van der Waals surface area contributed by atoms with Crippen molar-refractivity contribution < 1.29 is 17.9 Å². The first-order valence-corrected chi connectivity index (χ1v) is 14.5. The third-order valence-electron chi connectivity index (χ3n) is 6.48. The summed E-state index contributed by atoms with van der Waals surface area (Å²) < 4.78 is 34.4. The molecule has 192 valence electrons. The summed E-state index contributed by atoms with van der Waals surface area (Å²) in [6.07, 6.45) is 1.80. The summed E-state index contributed by atoms with van der Waals surface area (Å²) in [4.78, 5) is 20.2. The zero-order valence-corrected chi connectivity index (χ0v) is 22.5. The van der Waals surface area contributed by atoms with E-state index in [1.54, 1.807) is 24.1 Å². The van der Waals surface area contributed by atoms with Gasteiger partial charge in [-0.25, -0.2) is 13.4 Å². The summed E-state index contributed by atoms with van der Waals surface area (Å²) in [6, 6.07) is 21.6. The number of carbonyl (C=O) groups excluding carboxylic acids is 1. The zero-order chi connectivity index (χ0) is 26.0. The number of sulfonamides is 1. The van der Waals surface area contributed by atoms with Gasteiger partial charge < -0.3 is 4.74 Å². The highest BCUT2D eigenvalue weighted by Crippen LogP contribution is 2.32. The number of hydrogen-bond acceptors (Lipinski definition) is 6. The number of amides is 1. The van der Waals surface area contributed by atoms with E-state index in [0.717, 1.165) is 34.2 Å². The number of thiazole rings is 1. The maximum Gasteiger partial charge on any atom is 0.260 e. The van der Waals surface area contributed by atoms with Gasteiger partial charge in [-0.1, -0.05) is 47.7 Å². The molecule has 0 saturated carbocycles. The van der Waals surface area contributed by atoms with Gasteiger partial charge in [0.2, 0.25) is 10.0 Å². The molecule has 0 N–H and O–H groups in total. The van der Waals surface area contributed by atoms with Crippen molar-refractivity contribution in [2.75, 3.05) is 25.1 Å². The summed E-state index contributed by atoms with van der Waals surface area (Å²) in [5, 5.41) is 0.611. The summed E-state index contributed by atoms with van der Waals surface area (Å²) in [6.45, 7) is 3.38. The number of hydrogen-bond donors (Lipinski definition) is 0. The normalized spacial score (nSPS) is 15.9. The average Bonchev–Trinajstić information content (AvgIpc) is 3.57. The third kappa shape index (κ3) is 5.60. The standard InChI is InChI=1S/C28H29N3O4S2/c1-20-10-15-25-26(17-20)36-28(29-25)31(19-23-9-6-16-35-23)27(32)22-11-13-24(14-12-22)37(33,34)30(2)18-21-7-4-3-5-8-21/h3-5,7-8,10-15,17,23H,6,9,16,18-19H2,1-2H3. The van der Waals surface area contributed by atoms with Crippen molar-refractivity contribution in [3.63, 3.8) is 0 Å². The molecule has 0 bridgehead atoms. The molecule has 1 fully saturated rings. The van der Waals surface area contributed by atoms with Crippen LogP contribution in [0, 0.1) is 6.92 Å². The molecule has 4 aromatic rings. The number of nitrogens with zero attached hydrogens (tertiary/aromatic N) is 3. The summed E-state index contributed by atoms with van der Waals surface area (Å²) >= 11 is 1.47. The lowest BCUT2D eigenvalue weighted by atomic mass is 10.2. The Bertz CT molecular complexity index is 1500. The second kappa shape index (κ2) is 10.7. The molecule has 1 saturated heterocycles. The van der Waals surface area contributed by atoms with Crippen molar-refractivity contribution in [1.29, 1.82) is 0 Å². The number of rotatable bonds is 8. The molecule has 9 heteroatoms. The molecule has 1 unspecified atom stereocenters. The fraction of sp³-hybridized carbons (Fsp3) is 0.286. The Hall–Kier alpha value is -3.11. The Morgan fingerprint density at radius 3 is 2.54 bits per heavy atom. The van der Waals surface area contributed by atoms with Crippen LogP contribution in [0.2, 0.25) is 0 Å². The molecule has 37 heavy (non-hydrogen) atoms. The predicted octanol–water partition coefficient (Wildman–Crippen LogP) is 5.25. The van der Waals surface area contributed by atoms with E-state index in [1.165, 1.54) is 27.8 Å². The average molecular weight is 536 g/mol. The van der Waals surface area contributed by atoms with E-state index >= 15 is 0 Å². The molecule has 0 radical (unpaired) electrons. The van der Waals surface area contributed by atoms with Crippen LogP contribution in [0.4, 0.5) is 5.13 Å². The van der Waals surface area contributed by atoms with Crippen LogP contribution in [-0.4, -0.2) is 49.9 Å². The van der Waals surface area contributed by atoms with Gasteiger partial charge in [0.05, 0.1) is 27.8 Å². The fourth-order valence-electron chi connectivity index (χ4n) is 4.41. The summed E-state index contributed by atoms with van der Waals surface area (Å²) in [7, 11) is -2.16. The molecule has 2 heterocycles. The molecule has 5 rings (SSSR count). The molecule has 1 aromatic heterocycles. The smallest absolute Gasteiger partial charge is 0.260 e. The molecule has 0 aliphatic carbocycles. The second-order valence-corrected chi connectivity index (χ2v) is 12.3. The van der Waals surface area contributed by atoms with E-state index in [4.69, 9.17) is 9.72 Å². The van der Waals surface area contributed by atoms with Crippen LogP contribution in [-0.2, 0) is 21.3 Å². The Morgan fingerprint density at radius 1 is 1.08 bits per heavy atom. The van der Waals surface area contributed by atoms with Crippen LogP contribution in [0.15, 0.2) is 77.7 Å². The van der Waals surface area contributed by atoms with Crippen LogP contribution >= 0.6 is 11.3 Å². The zero-order valence-electron chi connectivity index (χ0n) is 20.8. The molecule has 1 amide bonds. The van der Waals surface area contributed by atoms with Crippen molar-refractivity contribution in [2.45, 2.75) is 37.3 Å². The topological polar surface area (TPSA) is 79.8 Å². The van der Waals surface area contributed by atoms with Crippen molar-refractivity contribution >= 4 is 42.6 Å². The first kappa shape index (κ1) is 25.5. The first-order valence-electron chi connectivity index (χ1n) is 12.2. The number of carbonyl (C=O) groups is 1. The molecule has 1 aliphatic rings. The van der Waals surface area contributed by atoms with Crippen LogP contribution in [0.5, 0.6) is 0 Å². The Morgan fingerprint density at radius 2 is 1.84 bits per heavy atom. The van der Waals surface area contributed by atoms with Gasteiger partial charge in [0, 0.05) is 25.8 Å². The van der Waals surface area contributed by atoms with E-state index in [9.17, 15) is 13.2 Å². The Kier molecular flexibility index (Phi) is 7.39. The molecule has 1 aliphatic heterocycles. The van der Waals surface area contributed by atoms with Gasteiger partial charge in [-0.15, -0.1) is 0 Å². The van der Waals surface area contributed by atoms with Gasteiger partial charge in [0.1, 0.15) is 0 Å². The third-order valence-corrected chi connectivity index (χ3v) is 9.34. The molecule has 1 atom stereocenters. The summed E-state index contributed by atoms with van der Waals surface area (Å²) in [5.41, 5.74) is 3.28. The minimum Gasteiger partial charge on any atom is -0.376 e. The van der Waals surface area contributed by atoms with Crippen LogP contribution in [0.25, 0.3) is 10.2 Å². The van der Waals surface area contributed by atoms with E-state index in [-0.39, 0.29) is 23.5 Å². The van der Waals surface area contributed by atoms with E-state index < -0.39 is 10.0 Å². The molecular weight excluding hydrogens is 506 g/mol. The number of fused-ring (bicyclic) bond motifs is 1. The van der Waals surface area contributed by atoms with Gasteiger partial charge >= 0.3 is 0 Å². The Labute approximate surface area is 221 Å². The van der Waals surface area contributed by atoms with Crippen LogP contribution < -0.4 is 4.90 Å². The van der Waals surface area contributed by atoms with E-state index in [2.05, 4.69) is 6.07 Å².